The molecule has 0 amide bonds. The van der Waals surface area contributed by atoms with Crippen molar-refractivity contribution in [3.63, 3.8) is 0 Å². The topological polar surface area (TPSA) is 55.0 Å². The molecular formula is C13H22N4. The maximum absolute atomic E-state index is 5.78. The first-order valence-electron chi connectivity index (χ1n) is 6.40. The molecule has 0 spiro atoms. The van der Waals surface area contributed by atoms with Gasteiger partial charge in [-0.1, -0.05) is 19.8 Å². The third-order valence-electron chi connectivity index (χ3n) is 3.66. The Kier molecular flexibility index (Phi) is 3.50. The number of aromatic nitrogens is 2. The Bertz CT molecular complexity index is 371. The van der Waals surface area contributed by atoms with E-state index in [0.717, 1.165) is 17.6 Å². The Morgan fingerprint density at radius 3 is 2.76 bits per heavy atom. The number of nitrogens with zero attached hydrogens (tertiary/aromatic N) is 3. The molecule has 17 heavy (non-hydrogen) atoms. The molecule has 2 unspecified atom stereocenters. The van der Waals surface area contributed by atoms with Crippen molar-refractivity contribution in [2.24, 2.45) is 5.92 Å². The van der Waals surface area contributed by atoms with Gasteiger partial charge in [-0.2, -0.15) is 0 Å². The second-order valence-corrected chi connectivity index (χ2v) is 5.23. The zero-order valence-corrected chi connectivity index (χ0v) is 11.0. The summed E-state index contributed by atoms with van der Waals surface area (Å²) in [5.74, 6) is 3.07. The molecule has 0 aliphatic heterocycles. The van der Waals surface area contributed by atoms with Gasteiger partial charge in [0.15, 0.2) is 0 Å². The Morgan fingerprint density at radius 1 is 1.35 bits per heavy atom. The first-order chi connectivity index (χ1) is 8.06. The minimum Gasteiger partial charge on any atom is -0.384 e. The molecule has 0 saturated heterocycles. The molecule has 1 aliphatic carbocycles. The van der Waals surface area contributed by atoms with Crippen LogP contribution in [0.1, 0.15) is 38.4 Å². The van der Waals surface area contributed by atoms with Gasteiger partial charge in [-0.05, 0) is 25.7 Å². The summed E-state index contributed by atoms with van der Waals surface area (Å²) in [6.07, 6.45) is 5.17. The third-order valence-corrected chi connectivity index (χ3v) is 3.66. The number of hydrogen-bond acceptors (Lipinski definition) is 4. The van der Waals surface area contributed by atoms with E-state index in [1.54, 1.807) is 0 Å². The molecule has 4 nitrogen and oxygen atoms in total. The Labute approximate surface area is 103 Å². The molecule has 1 aliphatic rings. The highest BCUT2D eigenvalue weighted by molar-refractivity contribution is 5.47. The van der Waals surface area contributed by atoms with E-state index in [4.69, 9.17) is 5.73 Å². The van der Waals surface area contributed by atoms with Crippen LogP contribution in [-0.2, 0) is 0 Å². The Morgan fingerprint density at radius 2 is 2.12 bits per heavy atom. The van der Waals surface area contributed by atoms with Gasteiger partial charge in [-0.25, -0.2) is 9.97 Å². The molecule has 1 fully saturated rings. The molecule has 0 radical (unpaired) electrons. The van der Waals surface area contributed by atoms with Gasteiger partial charge < -0.3 is 10.6 Å². The van der Waals surface area contributed by atoms with E-state index in [2.05, 4.69) is 28.8 Å². The van der Waals surface area contributed by atoms with Crippen molar-refractivity contribution < 1.29 is 0 Å². The lowest BCUT2D eigenvalue weighted by Crippen LogP contribution is -2.36. The lowest BCUT2D eigenvalue weighted by Gasteiger charge is -2.35. The summed E-state index contributed by atoms with van der Waals surface area (Å²) >= 11 is 0. The average molecular weight is 234 g/mol. The predicted molar refractivity (Wildman–Crippen MR) is 71.0 cm³/mol. The van der Waals surface area contributed by atoms with Gasteiger partial charge in [0.2, 0.25) is 0 Å². The Balaban J connectivity index is 2.15. The zero-order chi connectivity index (χ0) is 12.4. The van der Waals surface area contributed by atoms with Crippen molar-refractivity contribution in [3.05, 3.63) is 11.9 Å². The minimum atomic E-state index is 0.559. The monoisotopic (exact) mass is 234 g/mol. The van der Waals surface area contributed by atoms with Crippen molar-refractivity contribution in [2.45, 2.75) is 45.6 Å². The SMILES string of the molecule is Cc1nc(N)cc(N(C)C2CCCC(C)C2)n1. The highest BCUT2D eigenvalue weighted by Gasteiger charge is 2.23. The molecule has 1 aromatic rings. The van der Waals surface area contributed by atoms with Crippen LogP contribution in [0.3, 0.4) is 0 Å². The van der Waals surface area contributed by atoms with Crippen LogP contribution in [0.4, 0.5) is 11.6 Å². The molecule has 2 rings (SSSR count). The number of nitrogen functional groups attached to an aromatic ring is 1. The summed E-state index contributed by atoms with van der Waals surface area (Å²) in [6, 6.07) is 2.46. The van der Waals surface area contributed by atoms with Crippen LogP contribution in [-0.4, -0.2) is 23.1 Å². The summed E-state index contributed by atoms with van der Waals surface area (Å²) in [7, 11) is 2.12. The van der Waals surface area contributed by atoms with Gasteiger partial charge in [0.25, 0.3) is 0 Å². The second kappa shape index (κ2) is 4.90. The standard InChI is InChI=1S/C13H22N4/c1-9-5-4-6-11(7-9)17(3)13-8-12(14)15-10(2)16-13/h8-9,11H,4-7H2,1-3H3,(H2,14,15,16). The summed E-state index contributed by atoms with van der Waals surface area (Å²) in [5.41, 5.74) is 5.78. The lowest BCUT2D eigenvalue weighted by atomic mass is 9.86. The molecule has 2 N–H and O–H groups in total. The normalized spacial score (nSPS) is 24.6. The highest BCUT2D eigenvalue weighted by atomic mass is 15.2. The van der Waals surface area contributed by atoms with E-state index in [1.165, 1.54) is 25.7 Å². The van der Waals surface area contributed by atoms with Crippen LogP contribution in [0, 0.1) is 12.8 Å². The van der Waals surface area contributed by atoms with Crippen molar-refractivity contribution in [1.29, 1.82) is 0 Å². The predicted octanol–water partition coefficient (Wildman–Crippen LogP) is 2.38. The van der Waals surface area contributed by atoms with Gasteiger partial charge >= 0.3 is 0 Å². The van der Waals surface area contributed by atoms with Crippen molar-refractivity contribution in [3.8, 4) is 0 Å². The van der Waals surface area contributed by atoms with Crippen LogP contribution in [0.5, 0.6) is 0 Å². The minimum absolute atomic E-state index is 0.559. The Hall–Kier alpha value is -1.32. The molecule has 1 heterocycles. The molecule has 94 valence electrons. The van der Waals surface area contributed by atoms with Crippen LogP contribution >= 0.6 is 0 Å². The fourth-order valence-corrected chi connectivity index (χ4v) is 2.70. The number of aryl methyl sites for hydroxylation is 1. The van der Waals surface area contributed by atoms with Gasteiger partial charge in [-0.3, -0.25) is 0 Å². The lowest BCUT2D eigenvalue weighted by molar-refractivity contribution is 0.335. The fourth-order valence-electron chi connectivity index (χ4n) is 2.70. The summed E-state index contributed by atoms with van der Waals surface area (Å²) in [5, 5.41) is 0. The molecule has 1 saturated carbocycles. The van der Waals surface area contributed by atoms with Gasteiger partial charge in [0.05, 0.1) is 0 Å². The third kappa shape index (κ3) is 2.87. The second-order valence-electron chi connectivity index (χ2n) is 5.23. The van der Waals surface area contributed by atoms with E-state index in [1.807, 2.05) is 13.0 Å². The molecular weight excluding hydrogens is 212 g/mol. The molecule has 4 heteroatoms. The van der Waals surface area contributed by atoms with Crippen LogP contribution in [0.2, 0.25) is 0 Å². The number of rotatable bonds is 2. The van der Waals surface area contributed by atoms with E-state index in [-0.39, 0.29) is 0 Å². The van der Waals surface area contributed by atoms with E-state index >= 15 is 0 Å². The number of anilines is 2. The van der Waals surface area contributed by atoms with Gasteiger partial charge in [-0.15, -0.1) is 0 Å². The van der Waals surface area contributed by atoms with E-state index in [0.29, 0.717) is 11.9 Å². The smallest absolute Gasteiger partial charge is 0.134 e. The van der Waals surface area contributed by atoms with E-state index in [9.17, 15) is 0 Å². The number of hydrogen-bond donors (Lipinski definition) is 1. The van der Waals surface area contributed by atoms with E-state index < -0.39 is 0 Å². The quantitative estimate of drug-likeness (QED) is 0.853. The maximum Gasteiger partial charge on any atom is 0.134 e. The van der Waals surface area contributed by atoms with Crippen LogP contribution in [0.25, 0.3) is 0 Å². The van der Waals surface area contributed by atoms with Crippen molar-refractivity contribution in [1.82, 2.24) is 9.97 Å². The summed E-state index contributed by atoms with van der Waals surface area (Å²) in [4.78, 5) is 10.9. The summed E-state index contributed by atoms with van der Waals surface area (Å²) < 4.78 is 0. The maximum atomic E-state index is 5.78. The summed E-state index contributed by atoms with van der Waals surface area (Å²) in [6.45, 7) is 4.22. The van der Waals surface area contributed by atoms with Gasteiger partial charge in [0.1, 0.15) is 17.5 Å². The fraction of sp³-hybridized carbons (Fsp3) is 0.692. The number of nitrogens with two attached hydrogens (primary N) is 1. The highest BCUT2D eigenvalue weighted by Crippen LogP contribution is 2.29. The zero-order valence-electron chi connectivity index (χ0n) is 11.0. The van der Waals surface area contributed by atoms with Crippen molar-refractivity contribution in [2.75, 3.05) is 17.7 Å². The first-order valence-corrected chi connectivity index (χ1v) is 6.40. The van der Waals surface area contributed by atoms with Gasteiger partial charge in [0, 0.05) is 19.2 Å². The van der Waals surface area contributed by atoms with Crippen molar-refractivity contribution >= 4 is 11.6 Å². The first kappa shape index (κ1) is 12.1. The molecule has 1 aromatic heterocycles. The molecule has 0 aromatic carbocycles. The largest absolute Gasteiger partial charge is 0.384 e. The van der Waals surface area contributed by atoms with Crippen LogP contribution < -0.4 is 10.6 Å². The molecule has 2 atom stereocenters. The molecule has 0 bridgehead atoms. The average Bonchev–Trinajstić information content (AvgIpc) is 2.26. The van der Waals surface area contributed by atoms with Crippen LogP contribution in [0.15, 0.2) is 6.07 Å².